The van der Waals surface area contributed by atoms with E-state index in [0.29, 0.717) is 0 Å². The lowest BCUT2D eigenvalue weighted by Gasteiger charge is -2.35. The molecule has 0 aliphatic carbocycles. The molecule has 1 fully saturated rings. The van der Waals surface area contributed by atoms with Crippen LogP contribution in [-0.2, 0) is 9.53 Å². The largest absolute Gasteiger partial charge is 0.472 e. The van der Waals surface area contributed by atoms with Gasteiger partial charge < -0.3 is 19.0 Å². The maximum Gasteiger partial charge on any atom is 0.331 e. The Morgan fingerprint density at radius 1 is 1.03 bits per heavy atom. The van der Waals surface area contributed by atoms with Crippen LogP contribution in [0.4, 0.5) is 5.69 Å². The molecule has 2 aromatic heterocycles. The first kappa shape index (κ1) is 19.9. The fourth-order valence-electron chi connectivity index (χ4n) is 4.03. The second kappa shape index (κ2) is 8.63. The molecule has 0 unspecified atom stereocenters. The molecule has 0 atom stereocenters. The molecule has 0 bridgehead atoms. The molecule has 4 aromatic rings. The van der Waals surface area contributed by atoms with E-state index in [0.717, 1.165) is 54.0 Å². The Bertz CT molecular complexity index is 1250. The number of furan rings is 1. The summed E-state index contributed by atoms with van der Waals surface area (Å²) >= 11 is 0. The van der Waals surface area contributed by atoms with Crippen molar-refractivity contribution < 1.29 is 13.9 Å². The zero-order chi connectivity index (χ0) is 21.9. The number of imidazole rings is 1. The van der Waals surface area contributed by atoms with Gasteiger partial charge in [0.1, 0.15) is 6.33 Å². The number of rotatable bonds is 5. The first-order chi connectivity index (χ1) is 15.7. The van der Waals surface area contributed by atoms with E-state index in [4.69, 9.17) is 4.42 Å². The third kappa shape index (κ3) is 3.97. The minimum Gasteiger partial charge on any atom is -0.472 e. The van der Waals surface area contributed by atoms with E-state index in [1.54, 1.807) is 12.5 Å². The Labute approximate surface area is 186 Å². The van der Waals surface area contributed by atoms with Crippen LogP contribution >= 0.6 is 0 Å². The van der Waals surface area contributed by atoms with Crippen molar-refractivity contribution in [3.63, 3.8) is 0 Å². The van der Waals surface area contributed by atoms with Crippen molar-refractivity contribution in [2.75, 3.05) is 38.2 Å². The van der Waals surface area contributed by atoms with E-state index >= 15 is 0 Å². The summed E-state index contributed by atoms with van der Waals surface area (Å²) in [6.07, 6.45) is 8.58. The SMILES string of the molecule is COC(=O)C=CN1CCN(c2cccc(-n3cnc4cc(-c5ccoc5)ccc43)c2)CC1. The number of hydrogen-bond donors (Lipinski definition) is 0. The summed E-state index contributed by atoms with van der Waals surface area (Å²) in [5, 5.41) is 0. The van der Waals surface area contributed by atoms with Crippen LogP contribution in [0.5, 0.6) is 0 Å². The molecule has 0 radical (unpaired) electrons. The van der Waals surface area contributed by atoms with Crippen LogP contribution in [0.25, 0.3) is 27.8 Å². The van der Waals surface area contributed by atoms with Gasteiger partial charge in [-0.2, -0.15) is 0 Å². The normalized spacial score (nSPS) is 14.4. The molecule has 0 spiro atoms. The molecule has 0 saturated carbocycles. The highest BCUT2D eigenvalue weighted by atomic mass is 16.5. The van der Waals surface area contributed by atoms with Crippen LogP contribution in [0.3, 0.4) is 0 Å². The van der Waals surface area contributed by atoms with Gasteiger partial charge >= 0.3 is 5.97 Å². The summed E-state index contributed by atoms with van der Waals surface area (Å²) in [6.45, 7) is 3.46. The lowest BCUT2D eigenvalue weighted by Crippen LogP contribution is -2.44. The number of piperazine rings is 1. The third-order valence-electron chi connectivity index (χ3n) is 5.81. The van der Waals surface area contributed by atoms with Gasteiger partial charge in [0, 0.05) is 55.4 Å². The van der Waals surface area contributed by atoms with Gasteiger partial charge in [-0.05, 0) is 42.0 Å². The van der Waals surface area contributed by atoms with Gasteiger partial charge in [0.15, 0.2) is 0 Å². The second-order valence-electron chi connectivity index (χ2n) is 7.71. The highest BCUT2D eigenvalue weighted by Crippen LogP contribution is 2.27. The minimum absolute atomic E-state index is 0.329. The molecular formula is C25H24N4O3. The van der Waals surface area contributed by atoms with Crippen LogP contribution in [0.2, 0.25) is 0 Å². The molecule has 5 rings (SSSR count). The number of fused-ring (bicyclic) bond motifs is 1. The standard InChI is InChI=1S/C25H24N4O3/c1-31-25(30)7-9-27-10-12-28(13-11-27)21-3-2-4-22(16-21)29-18-26-23-15-19(5-6-24(23)29)20-8-14-32-17-20/h2-9,14-18H,10-13H2,1H3. The average molecular weight is 428 g/mol. The molecule has 1 aliphatic rings. The molecular weight excluding hydrogens is 404 g/mol. The summed E-state index contributed by atoms with van der Waals surface area (Å²) in [4.78, 5) is 20.4. The number of carbonyl (C=O) groups is 1. The van der Waals surface area contributed by atoms with Crippen molar-refractivity contribution in [1.82, 2.24) is 14.5 Å². The van der Waals surface area contributed by atoms with Gasteiger partial charge in [-0.3, -0.25) is 4.57 Å². The van der Waals surface area contributed by atoms with Crippen LogP contribution < -0.4 is 4.90 Å². The highest BCUT2D eigenvalue weighted by molar-refractivity contribution is 5.83. The van der Waals surface area contributed by atoms with Crippen LogP contribution in [0.1, 0.15) is 0 Å². The maximum atomic E-state index is 11.3. The van der Waals surface area contributed by atoms with Crippen molar-refractivity contribution in [2.45, 2.75) is 0 Å². The number of aromatic nitrogens is 2. The Morgan fingerprint density at radius 3 is 2.66 bits per heavy atom. The van der Waals surface area contributed by atoms with Gasteiger partial charge in [-0.25, -0.2) is 9.78 Å². The molecule has 0 N–H and O–H groups in total. The zero-order valence-corrected chi connectivity index (χ0v) is 17.8. The van der Waals surface area contributed by atoms with Crippen molar-refractivity contribution in [1.29, 1.82) is 0 Å². The number of anilines is 1. The fourth-order valence-corrected chi connectivity index (χ4v) is 4.03. The molecule has 162 valence electrons. The molecule has 3 heterocycles. The van der Waals surface area contributed by atoms with Crippen molar-refractivity contribution >= 4 is 22.7 Å². The third-order valence-corrected chi connectivity index (χ3v) is 5.81. The molecule has 1 saturated heterocycles. The second-order valence-corrected chi connectivity index (χ2v) is 7.71. The summed E-state index contributed by atoms with van der Waals surface area (Å²) in [6, 6.07) is 16.8. The minimum atomic E-state index is -0.329. The first-order valence-corrected chi connectivity index (χ1v) is 10.6. The topological polar surface area (TPSA) is 63.7 Å². The van der Waals surface area contributed by atoms with Crippen LogP contribution in [-0.4, -0.2) is 53.7 Å². The molecule has 0 amide bonds. The summed E-state index contributed by atoms with van der Waals surface area (Å²) in [7, 11) is 1.39. The van der Waals surface area contributed by atoms with Crippen LogP contribution in [0, 0.1) is 0 Å². The molecule has 7 nitrogen and oxygen atoms in total. The maximum absolute atomic E-state index is 11.3. The number of carbonyl (C=O) groups excluding carboxylic acids is 1. The van der Waals surface area contributed by atoms with E-state index in [-0.39, 0.29) is 5.97 Å². The van der Waals surface area contributed by atoms with Gasteiger partial charge in [-0.1, -0.05) is 12.1 Å². The molecule has 2 aromatic carbocycles. The van der Waals surface area contributed by atoms with Gasteiger partial charge in [0.25, 0.3) is 0 Å². The lowest BCUT2D eigenvalue weighted by molar-refractivity contribution is -0.134. The number of hydrogen-bond acceptors (Lipinski definition) is 6. The lowest BCUT2D eigenvalue weighted by atomic mass is 10.1. The first-order valence-electron chi connectivity index (χ1n) is 10.6. The van der Waals surface area contributed by atoms with Gasteiger partial charge in [0.05, 0.1) is 30.7 Å². The Balaban J connectivity index is 1.34. The number of esters is 1. The van der Waals surface area contributed by atoms with Gasteiger partial charge in [-0.15, -0.1) is 0 Å². The highest BCUT2D eigenvalue weighted by Gasteiger charge is 2.16. The van der Waals surface area contributed by atoms with E-state index in [1.165, 1.54) is 18.9 Å². The quantitative estimate of drug-likeness (QED) is 0.352. The van der Waals surface area contributed by atoms with Crippen LogP contribution in [0.15, 0.2) is 84.1 Å². The van der Waals surface area contributed by atoms with E-state index in [2.05, 4.69) is 66.6 Å². The number of nitrogens with zero attached hydrogens (tertiary/aromatic N) is 4. The Morgan fingerprint density at radius 2 is 1.88 bits per heavy atom. The van der Waals surface area contributed by atoms with Gasteiger partial charge in [0.2, 0.25) is 0 Å². The summed E-state index contributed by atoms with van der Waals surface area (Å²) in [5.74, 6) is -0.329. The molecule has 7 heteroatoms. The zero-order valence-electron chi connectivity index (χ0n) is 17.8. The summed E-state index contributed by atoms with van der Waals surface area (Å²) < 4.78 is 12.0. The number of benzene rings is 2. The predicted molar refractivity (Wildman–Crippen MR) is 124 cm³/mol. The van der Waals surface area contributed by atoms with Crippen molar-refractivity contribution in [2.24, 2.45) is 0 Å². The van der Waals surface area contributed by atoms with E-state index < -0.39 is 0 Å². The molecule has 32 heavy (non-hydrogen) atoms. The van der Waals surface area contributed by atoms with Crippen molar-refractivity contribution in [3.8, 4) is 16.8 Å². The summed E-state index contributed by atoms with van der Waals surface area (Å²) in [5.41, 5.74) is 6.39. The van der Waals surface area contributed by atoms with E-state index in [9.17, 15) is 4.79 Å². The average Bonchev–Trinajstić information content (AvgIpc) is 3.53. The monoisotopic (exact) mass is 428 g/mol. The Hall–Kier alpha value is -4.00. The molecule has 1 aliphatic heterocycles. The smallest absolute Gasteiger partial charge is 0.331 e. The predicted octanol–water partition coefficient (Wildman–Crippen LogP) is 4.09. The Kier molecular flexibility index (Phi) is 5.37. The van der Waals surface area contributed by atoms with E-state index in [1.807, 2.05) is 18.6 Å². The number of ether oxygens (including phenoxy) is 1. The number of methoxy groups -OCH3 is 1. The van der Waals surface area contributed by atoms with Crippen molar-refractivity contribution in [3.05, 3.63) is 79.7 Å². The fraction of sp³-hybridized carbons (Fsp3) is 0.200.